The molecule has 1 unspecified atom stereocenters. The minimum Gasteiger partial charge on any atom is -0.446 e. The fraction of sp³-hybridized carbons (Fsp3) is 0.688. The molecule has 0 heterocycles. The Balaban J connectivity index is 3.79. The van der Waals surface area contributed by atoms with Gasteiger partial charge in [0.05, 0.1) is 6.42 Å². The van der Waals surface area contributed by atoms with Gasteiger partial charge in [-0.25, -0.2) is 0 Å². The van der Waals surface area contributed by atoms with E-state index in [1.807, 2.05) is 0 Å². The van der Waals surface area contributed by atoms with Crippen molar-refractivity contribution >= 4 is 40.7 Å². The van der Waals surface area contributed by atoms with Crippen LogP contribution in [0.3, 0.4) is 0 Å². The summed E-state index contributed by atoms with van der Waals surface area (Å²) < 4.78 is 4.68. The maximum atomic E-state index is 11.6. The molecule has 0 saturated carbocycles. The monoisotopic (exact) mass is 346 g/mol. The van der Waals surface area contributed by atoms with Gasteiger partial charge in [0.15, 0.2) is 5.56 Å². The maximum Gasteiger partial charge on any atom is 0.307 e. The Hall–Kier alpha value is -1.56. The summed E-state index contributed by atoms with van der Waals surface area (Å²) in [6, 6.07) is 0. The number of ketones is 4. The topological polar surface area (TPSA) is 94.6 Å². The van der Waals surface area contributed by atoms with Crippen molar-refractivity contribution in [1.82, 2.24) is 0 Å². The van der Waals surface area contributed by atoms with E-state index in [1.165, 1.54) is 13.8 Å². The number of hydrogen-bond acceptors (Lipinski definition) is 6. The summed E-state index contributed by atoms with van der Waals surface area (Å²) >= 11 is 5.47. The van der Waals surface area contributed by atoms with E-state index in [0.717, 1.165) is 0 Å². The molecule has 6 nitrogen and oxygen atoms in total. The van der Waals surface area contributed by atoms with Gasteiger partial charge in [-0.1, -0.05) is 11.6 Å². The summed E-state index contributed by atoms with van der Waals surface area (Å²) in [6.07, 6.45) is 0.575. The zero-order chi connectivity index (χ0) is 17.8. The van der Waals surface area contributed by atoms with E-state index in [-0.39, 0.29) is 74.5 Å². The highest BCUT2D eigenvalue weighted by Gasteiger charge is 2.13. The lowest BCUT2D eigenvalue weighted by molar-refractivity contribution is -0.146. The van der Waals surface area contributed by atoms with Gasteiger partial charge in [-0.3, -0.25) is 19.2 Å². The lowest BCUT2D eigenvalue weighted by atomic mass is 10.0. The van der Waals surface area contributed by atoms with Crippen molar-refractivity contribution in [3.63, 3.8) is 0 Å². The van der Waals surface area contributed by atoms with Crippen LogP contribution < -0.4 is 0 Å². The number of Topliss-reactive ketones (excluding diaryl/α,β-unsaturated/α-hetero) is 4. The molecule has 0 spiro atoms. The first-order chi connectivity index (χ1) is 10.7. The van der Waals surface area contributed by atoms with E-state index in [1.54, 1.807) is 0 Å². The van der Waals surface area contributed by atoms with Gasteiger partial charge in [-0.2, -0.15) is 0 Å². The van der Waals surface area contributed by atoms with Crippen molar-refractivity contribution in [2.45, 2.75) is 70.8 Å². The smallest absolute Gasteiger partial charge is 0.307 e. The quantitative estimate of drug-likeness (QED) is 0.375. The second-order valence-electron chi connectivity index (χ2n) is 5.35. The summed E-state index contributed by atoms with van der Waals surface area (Å²) in [5, 5.41) is 0. The predicted molar refractivity (Wildman–Crippen MR) is 84.0 cm³/mol. The number of carbonyl (C=O) groups excluding carboxylic acids is 5. The molecule has 1 atom stereocenters. The fourth-order valence-corrected chi connectivity index (χ4v) is 1.83. The van der Waals surface area contributed by atoms with E-state index in [0.29, 0.717) is 0 Å². The number of hydrogen-bond donors (Lipinski definition) is 0. The van der Waals surface area contributed by atoms with E-state index < -0.39 is 11.5 Å². The van der Waals surface area contributed by atoms with Crippen LogP contribution in [0.5, 0.6) is 0 Å². The third-order valence-corrected chi connectivity index (χ3v) is 3.11. The molecule has 0 saturated heterocycles. The van der Waals surface area contributed by atoms with Crippen molar-refractivity contribution in [3.05, 3.63) is 0 Å². The molecular weight excluding hydrogens is 324 g/mol. The molecule has 7 heteroatoms. The highest BCUT2D eigenvalue weighted by molar-refractivity contribution is 6.19. The molecule has 0 amide bonds. The largest absolute Gasteiger partial charge is 0.446 e. The fourth-order valence-electron chi connectivity index (χ4n) is 1.73. The van der Waals surface area contributed by atoms with E-state index in [9.17, 15) is 24.0 Å². The van der Waals surface area contributed by atoms with Gasteiger partial charge in [0.25, 0.3) is 0 Å². The van der Waals surface area contributed by atoms with Gasteiger partial charge in [0, 0.05) is 44.9 Å². The van der Waals surface area contributed by atoms with Crippen molar-refractivity contribution in [2.24, 2.45) is 0 Å². The van der Waals surface area contributed by atoms with E-state index >= 15 is 0 Å². The van der Waals surface area contributed by atoms with Crippen LogP contribution in [-0.4, -0.2) is 34.7 Å². The lowest BCUT2D eigenvalue weighted by Crippen LogP contribution is -2.12. The molecule has 0 aliphatic heterocycles. The van der Waals surface area contributed by atoms with E-state index in [4.69, 9.17) is 11.6 Å². The minimum atomic E-state index is -0.736. The molecule has 0 aromatic carbocycles. The number of rotatable bonds is 13. The van der Waals surface area contributed by atoms with Gasteiger partial charge in [0.1, 0.15) is 23.1 Å². The van der Waals surface area contributed by atoms with Gasteiger partial charge in [-0.15, -0.1) is 0 Å². The zero-order valence-electron chi connectivity index (χ0n) is 13.6. The molecular formula is C16H23ClO6. The van der Waals surface area contributed by atoms with Crippen LogP contribution in [0, 0.1) is 0 Å². The zero-order valence-corrected chi connectivity index (χ0v) is 14.3. The molecule has 0 radical (unpaired) electrons. The number of carbonyl (C=O) groups is 5. The Morgan fingerprint density at radius 2 is 1.09 bits per heavy atom. The highest BCUT2D eigenvalue weighted by atomic mass is 35.5. The summed E-state index contributed by atoms with van der Waals surface area (Å²) in [4.78, 5) is 56.5. The number of alkyl halides is 1. The Bertz CT molecular complexity index is 455. The molecule has 0 rings (SSSR count). The Morgan fingerprint density at radius 3 is 1.43 bits per heavy atom. The predicted octanol–water partition coefficient (Wildman–Crippen LogP) is 2.53. The van der Waals surface area contributed by atoms with Crippen LogP contribution in [0.15, 0.2) is 0 Å². The van der Waals surface area contributed by atoms with Crippen LogP contribution in [0.4, 0.5) is 0 Å². The maximum absolute atomic E-state index is 11.6. The summed E-state index contributed by atoms with van der Waals surface area (Å²) in [6.45, 7) is 2.91. The SMILES string of the molecule is CC(=O)CCC(=O)CCC(=O)CCC(=O)CCC(=O)OC(C)Cl. The molecule has 0 N–H and O–H groups in total. The summed E-state index contributed by atoms with van der Waals surface area (Å²) in [5.74, 6) is -1.12. The molecule has 0 aliphatic rings. The standard InChI is InChI=1S/C16H23ClO6/c1-11(18)3-4-13(19)5-6-14(20)7-8-15(21)9-10-16(22)23-12(2)17/h12H,3-10H2,1-2H3. The first-order valence-corrected chi connectivity index (χ1v) is 8.02. The molecule has 0 aromatic rings. The molecule has 0 aliphatic carbocycles. The first kappa shape index (κ1) is 21.4. The number of halogens is 1. The summed E-state index contributed by atoms with van der Waals surface area (Å²) in [7, 11) is 0. The molecule has 0 fully saturated rings. The lowest BCUT2D eigenvalue weighted by Gasteiger charge is -2.05. The molecule has 0 bridgehead atoms. The second kappa shape index (κ2) is 11.9. The Labute approximate surface area is 140 Å². The average Bonchev–Trinajstić information content (AvgIpc) is 2.45. The van der Waals surface area contributed by atoms with Crippen LogP contribution in [0.25, 0.3) is 0 Å². The average molecular weight is 347 g/mol. The third-order valence-electron chi connectivity index (χ3n) is 3.02. The minimum absolute atomic E-state index is 0.00721. The van der Waals surface area contributed by atoms with Gasteiger partial charge >= 0.3 is 5.97 Å². The van der Waals surface area contributed by atoms with Crippen LogP contribution >= 0.6 is 11.6 Å². The van der Waals surface area contributed by atoms with Gasteiger partial charge in [0.2, 0.25) is 0 Å². The summed E-state index contributed by atoms with van der Waals surface area (Å²) in [5.41, 5.74) is -0.736. The third kappa shape index (κ3) is 13.8. The van der Waals surface area contributed by atoms with Crippen molar-refractivity contribution in [3.8, 4) is 0 Å². The van der Waals surface area contributed by atoms with E-state index in [2.05, 4.69) is 4.74 Å². The number of ether oxygens (including phenoxy) is 1. The van der Waals surface area contributed by atoms with Crippen LogP contribution in [-0.2, 0) is 28.7 Å². The molecule has 0 aromatic heterocycles. The van der Waals surface area contributed by atoms with Crippen molar-refractivity contribution < 1.29 is 28.7 Å². The van der Waals surface area contributed by atoms with Gasteiger partial charge < -0.3 is 9.53 Å². The molecule has 130 valence electrons. The van der Waals surface area contributed by atoms with Crippen LogP contribution in [0.1, 0.15) is 65.2 Å². The molecule has 23 heavy (non-hydrogen) atoms. The van der Waals surface area contributed by atoms with Crippen molar-refractivity contribution in [2.75, 3.05) is 0 Å². The van der Waals surface area contributed by atoms with Crippen molar-refractivity contribution in [1.29, 1.82) is 0 Å². The highest BCUT2D eigenvalue weighted by Crippen LogP contribution is 2.07. The number of esters is 1. The van der Waals surface area contributed by atoms with Crippen LogP contribution in [0.2, 0.25) is 0 Å². The first-order valence-electron chi connectivity index (χ1n) is 7.58. The second-order valence-corrected chi connectivity index (χ2v) is 5.97. The Morgan fingerprint density at radius 1 is 0.739 bits per heavy atom. The normalized spacial score (nSPS) is 11.6. The Kier molecular flexibility index (Phi) is 11.1. The van der Waals surface area contributed by atoms with Gasteiger partial charge in [-0.05, 0) is 13.8 Å².